The second kappa shape index (κ2) is 8.68. The highest BCUT2D eigenvalue weighted by Crippen LogP contribution is 2.23. The van der Waals surface area contributed by atoms with Gasteiger partial charge in [0.25, 0.3) is 5.91 Å². The summed E-state index contributed by atoms with van der Waals surface area (Å²) in [4.78, 5) is 30.7. The van der Waals surface area contributed by atoms with Crippen molar-refractivity contribution >= 4 is 38.4 Å². The minimum absolute atomic E-state index is 0.122. The number of hydrogen-bond donors (Lipinski definition) is 1. The molecule has 0 radical (unpaired) electrons. The quantitative estimate of drug-likeness (QED) is 0.656. The molecule has 0 spiro atoms. The third kappa shape index (κ3) is 4.35. The Labute approximate surface area is 186 Å². The van der Waals surface area contributed by atoms with E-state index in [9.17, 15) is 18.0 Å². The molecule has 0 aliphatic carbocycles. The minimum atomic E-state index is -3.69. The maximum absolute atomic E-state index is 13.2. The van der Waals surface area contributed by atoms with Crippen molar-refractivity contribution in [2.24, 2.45) is 0 Å². The summed E-state index contributed by atoms with van der Waals surface area (Å²) < 4.78 is 27.4. The number of nitrogens with one attached hydrogen (secondary N) is 1. The van der Waals surface area contributed by atoms with Crippen molar-refractivity contribution in [3.05, 3.63) is 65.9 Å². The summed E-state index contributed by atoms with van der Waals surface area (Å²) in [6, 6.07) is 15.4. The predicted molar refractivity (Wildman–Crippen MR) is 122 cm³/mol. The fourth-order valence-corrected chi connectivity index (χ4v) is 5.27. The van der Waals surface area contributed by atoms with E-state index in [0.29, 0.717) is 24.3 Å². The van der Waals surface area contributed by atoms with E-state index in [4.69, 9.17) is 0 Å². The van der Waals surface area contributed by atoms with Crippen LogP contribution in [-0.4, -0.2) is 60.6 Å². The van der Waals surface area contributed by atoms with E-state index in [1.165, 1.54) is 23.4 Å². The first-order valence-corrected chi connectivity index (χ1v) is 11.7. The Bertz CT molecular complexity index is 1280. The zero-order valence-corrected chi connectivity index (χ0v) is 18.7. The predicted octanol–water partition coefficient (Wildman–Crippen LogP) is 2.65. The molecular formula is C23H24N4O4S. The minimum Gasteiger partial charge on any atom is -0.336 e. The van der Waals surface area contributed by atoms with Crippen LogP contribution in [-0.2, 0) is 14.8 Å². The second-order valence-electron chi connectivity index (χ2n) is 7.73. The number of pyridine rings is 1. The molecule has 0 saturated carbocycles. The van der Waals surface area contributed by atoms with Gasteiger partial charge in [0.2, 0.25) is 15.9 Å². The lowest BCUT2D eigenvalue weighted by molar-refractivity contribution is -0.114. The number of carbonyl (C=O) groups is 2. The van der Waals surface area contributed by atoms with Crippen LogP contribution in [0.5, 0.6) is 0 Å². The molecule has 1 aliphatic heterocycles. The summed E-state index contributed by atoms with van der Waals surface area (Å²) in [5.74, 6) is -0.345. The number of aryl methyl sites for hydroxylation is 1. The standard InChI is InChI=1S/C23H24N4O4S/c1-16-15-21(20-5-3-4-6-22(20)24-16)23(29)26-11-13-27(14-12-26)32(30,31)19-9-7-18(8-10-19)25-17(2)28/h3-10,15H,11-14H2,1-2H3,(H,25,28). The number of carbonyl (C=O) groups excluding carboxylic acids is 2. The number of piperazine rings is 1. The molecule has 1 N–H and O–H groups in total. The van der Waals surface area contributed by atoms with Crippen LogP contribution in [0.3, 0.4) is 0 Å². The normalized spacial score (nSPS) is 15.0. The van der Waals surface area contributed by atoms with Gasteiger partial charge in [0.1, 0.15) is 0 Å². The molecule has 1 aliphatic rings. The molecule has 32 heavy (non-hydrogen) atoms. The smallest absolute Gasteiger partial charge is 0.254 e. The molecule has 2 aromatic carbocycles. The lowest BCUT2D eigenvalue weighted by atomic mass is 10.1. The highest BCUT2D eigenvalue weighted by molar-refractivity contribution is 7.89. The Kier molecular flexibility index (Phi) is 5.94. The van der Waals surface area contributed by atoms with Crippen molar-refractivity contribution in [3.8, 4) is 0 Å². The number of hydrogen-bond acceptors (Lipinski definition) is 5. The van der Waals surface area contributed by atoms with Crippen LogP contribution in [0.25, 0.3) is 10.9 Å². The van der Waals surface area contributed by atoms with Gasteiger partial charge in [-0.2, -0.15) is 4.31 Å². The van der Waals surface area contributed by atoms with E-state index in [0.717, 1.165) is 16.6 Å². The van der Waals surface area contributed by atoms with Crippen molar-refractivity contribution in [2.45, 2.75) is 18.7 Å². The van der Waals surface area contributed by atoms with Gasteiger partial charge in [-0.3, -0.25) is 14.6 Å². The molecule has 2 amide bonds. The van der Waals surface area contributed by atoms with Crippen LogP contribution in [0.2, 0.25) is 0 Å². The van der Waals surface area contributed by atoms with Crippen LogP contribution >= 0.6 is 0 Å². The zero-order chi connectivity index (χ0) is 22.9. The Balaban J connectivity index is 1.48. The summed E-state index contributed by atoms with van der Waals surface area (Å²) in [5, 5.41) is 3.41. The fraction of sp³-hybridized carbons (Fsp3) is 0.261. The lowest BCUT2D eigenvalue weighted by Crippen LogP contribution is -2.50. The van der Waals surface area contributed by atoms with E-state index in [2.05, 4.69) is 10.3 Å². The Morgan fingerprint density at radius 1 is 0.969 bits per heavy atom. The van der Waals surface area contributed by atoms with Gasteiger partial charge in [-0.05, 0) is 43.3 Å². The van der Waals surface area contributed by atoms with Crippen LogP contribution in [0.15, 0.2) is 59.5 Å². The van der Waals surface area contributed by atoms with Gasteiger partial charge in [-0.1, -0.05) is 18.2 Å². The van der Waals surface area contributed by atoms with Crippen molar-refractivity contribution in [3.63, 3.8) is 0 Å². The Morgan fingerprint density at radius 2 is 1.62 bits per heavy atom. The van der Waals surface area contributed by atoms with Crippen LogP contribution in [0.4, 0.5) is 5.69 Å². The Hall–Kier alpha value is -3.30. The first-order chi connectivity index (χ1) is 15.3. The van der Waals surface area contributed by atoms with Gasteiger partial charge >= 0.3 is 0 Å². The SMILES string of the molecule is CC(=O)Nc1ccc(S(=O)(=O)N2CCN(C(=O)c3cc(C)nc4ccccc34)CC2)cc1. The van der Waals surface area contributed by atoms with Gasteiger partial charge < -0.3 is 10.2 Å². The third-order valence-electron chi connectivity index (χ3n) is 5.41. The van der Waals surface area contributed by atoms with Crippen molar-refractivity contribution < 1.29 is 18.0 Å². The maximum Gasteiger partial charge on any atom is 0.254 e. The number of benzene rings is 2. The van der Waals surface area contributed by atoms with Gasteiger partial charge in [-0.15, -0.1) is 0 Å². The molecule has 0 unspecified atom stereocenters. The molecule has 2 heterocycles. The fourth-order valence-electron chi connectivity index (χ4n) is 3.85. The largest absolute Gasteiger partial charge is 0.336 e. The summed E-state index contributed by atoms with van der Waals surface area (Å²) in [6.07, 6.45) is 0. The summed E-state index contributed by atoms with van der Waals surface area (Å²) >= 11 is 0. The molecule has 0 atom stereocenters. The molecule has 9 heteroatoms. The first-order valence-electron chi connectivity index (χ1n) is 10.3. The molecule has 8 nitrogen and oxygen atoms in total. The number of sulfonamides is 1. The third-order valence-corrected chi connectivity index (χ3v) is 7.33. The molecule has 4 rings (SSSR count). The lowest BCUT2D eigenvalue weighted by Gasteiger charge is -2.34. The number of fused-ring (bicyclic) bond motifs is 1. The summed E-state index contributed by atoms with van der Waals surface area (Å²) in [5.41, 5.74) is 2.64. The van der Waals surface area contributed by atoms with Gasteiger partial charge in [0.15, 0.2) is 0 Å². The van der Waals surface area contributed by atoms with Crippen LogP contribution < -0.4 is 5.32 Å². The number of para-hydroxylation sites is 1. The van der Waals surface area contributed by atoms with Crippen LogP contribution in [0.1, 0.15) is 23.0 Å². The average molecular weight is 453 g/mol. The monoisotopic (exact) mass is 452 g/mol. The van der Waals surface area contributed by atoms with E-state index in [1.807, 2.05) is 31.2 Å². The van der Waals surface area contributed by atoms with Crippen molar-refractivity contribution in [1.82, 2.24) is 14.2 Å². The average Bonchev–Trinajstić information content (AvgIpc) is 2.78. The maximum atomic E-state index is 13.2. The van der Waals surface area contributed by atoms with Crippen LogP contribution in [0, 0.1) is 6.92 Å². The van der Waals surface area contributed by atoms with Crippen molar-refractivity contribution in [1.29, 1.82) is 0 Å². The number of aromatic nitrogens is 1. The number of nitrogens with zero attached hydrogens (tertiary/aromatic N) is 3. The van der Waals surface area contributed by atoms with Gasteiger partial charge in [0, 0.05) is 49.9 Å². The Morgan fingerprint density at radius 3 is 2.28 bits per heavy atom. The number of anilines is 1. The molecule has 1 fully saturated rings. The molecule has 3 aromatic rings. The van der Waals surface area contributed by atoms with Gasteiger partial charge in [-0.25, -0.2) is 8.42 Å². The molecule has 166 valence electrons. The second-order valence-corrected chi connectivity index (χ2v) is 9.67. The first kappa shape index (κ1) is 21.9. The highest BCUT2D eigenvalue weighted by atomic mass is 32.2. The molecule has 1 aromatic heterocycles. The van der Waals surface area contributed by atoms with E-state index in [1.54, 1.807) is 23.1 Å². The molecular weight excluding hydrogens is 428 g/mol. The molecule has 0 bridgehead atoms. The topological polar surface area (TPSA) is 99.7 Å². The highest BCUT2D eigenvalue weighted by Gasteiger charge is 2.31. The van der Waals surface area contributed by atoms with E-state index < -0.39 is 10.0 Å². The zero-order valence-electron chi connectivity index (χ0n) is 17.9. The van der Waals surface area contributed by atoms with Crippen molar-refractivity contribution in [2.75, 3.05) is 31.5 Å². The van der Waals surface area contributed by atoms with E-state index >= 15 is 0 Å². The molecule has 1 saturated heterocycles. The van der Waals surface area contributed by atoms with Gasteiger partial charge in [0.05, 0.1) is 16.0 Å². The number of amides is 2. The van der Waals surface area contributed by atoms with E-state index in [-0.39, 0.29) is 29.8 Å². The summed E-state index contributed by atoms with van der Waals surface area (Å²) in [7, 11) is -3.69. The number of rotatable bonds is 4. The summed E-state index contributed by atoms with van der Waals surface area (Å²) in [6.45, 7) is 4.27.